The van der Waals surface area contributed by atoms with E-state index in [0.29, 0.717) is 12.2 Å². The fourth-order valence-electron chi connectivity index (χ4n) is 1.93. The number of nitrogen functional groups attached to an aromatic ring is 1. The molecular formula is C11H14ClN5O2. The molecule has 1 amide bonds. The Morgan fingerprint density at radius 3 is 2.95 bits per heavy atom. The van der Waals surface area contributed by atoms with Gasteiger partial charge in [0.1, 0.15) is 5.69 Å². The second kappa shape index (κ2) is 5.85. The second-order valence-electron chi connectivity index (χ2n) is 4.17. The molecule has 1 aliphatic carbocycles. The highest BCUT2D eigenvalue weighted by molar-refractivity contribution is 6.33. The highest BCUT2D eigenvalue weighted by Crippen LogP contribution is 2.30. The molecule has 1 aromatic heterocycles. The van der Waals surface area contributed by atoms with Crippen molar-refractivity contribution in [2.75, 3.05) is 23.0 Å². The summed E-state index contributed by atoms with van der Waals surface area (Å²) in [5.74, 6) is 0.497. The third-order valence-electron chi connectivity index (χ3n) is 2.81. The molecule has 0 aliphatic heterocycles. The number of aromatic nitrogens is 2. The molecule has 0 bridgehead atoms. The molecule has 2 rings (SSSR count). The van der Waals surface area contributed by atoms with Crippen LogP contribution < -0.4 is 16.4 Å². The van der Waals surface area contributed by atoms with Crippen molar-refractivity contribution in [3.05, 3.63) is 17.3 Å². The smallest absolute Gasteiger partial charge is 0.223 e. The first kappa shape index (κ1) is 13.6. The van der Waals surface area contributed by atoms with Crippen molar-refractivity contribution in [2.45, 2.75) is 12.5 Å². The van der Waals surface area contributed by atoms with Gasteiger partial charge in [-0.25, -0.2) is 0 Å². The van der Waals surface area contributed by atoms with Crippen LogP contribution in [0.2, 0.25) is 5.15 Å². The summed E-state index contributed by atoms with van der Waals surface area (Å²) in [6.45, 7) is 0.0980. The van der Waals surface area contributed by atoms with Gasteiger partial charge in [0, 0.05) is 18.6 Å². The molecule has 1 aromatic rings. The van der Waals surface area contributed by atoms with Gasteiger partial charge in [0.05, 0.1) is 0 Å². The maximum atomic E-state index is 10.6. The van der Waals surface area contributed by atoms with Gasteiger partial charge in [-0.15, -0.1) is 0 Å². The fourth-order valence-corrected chi connectivity index (χ4v) is 2.16. The number of halogens is 1. The molecular weight excluding hydrogens is 270 g/mol. The van der Waals surface area contributed by atoms with Gasteiger partial charge in [0.15, 0.2) is 11.0 Å². The third-order valence-corrected chi connectivity index (χ3v) is 3.09. The molecule has 0 saturated heterocycles. The first-order valence-electron chi connectivity index (χ1n) is 5.73. The summed E-state index contributed by atoms with van der Waals surface area (Å²) in [4.78, 5) is 18.4. The first-order valence-corrected chi connectivity index (χ1v) is 6.10. The molecule has 2 atom stereocenters. The predicted octanol–water partition coefficient (Wildman–Crippen LogP) is 0.629. The summed E-state index contributed by atoms with van der Waals surface area (Å²) in [6.07, 6.45) is 5.08. The van der Waals surface area contributed by atoms with Crippen LogP contribution >= 0.6 is 11.6 Å². The van der Waals surface area contributed by atoms with Gasteiger partial charge in [-0.2, -0.15) is 9.97 Å². The first-order chi connectivity index (χ1) is 9.13. The zero-order valence-corrected chi connectivity index (χ0v) is 10.8. The number of carbonyl (C=O) groups is 1. The summed E-state index contributed by atoms with van der Waals surface area (Å²) >= 11 is 5.90. The number of hydrogen-bond acceptors (Lipinski definition) is 6. The molecule has 0 spiro atoms. The van der Waals surface area contributed by atoms with E-state index in [-0.39, 0.29) is 35.4 Å². The largest absolute Gasteiger partial charge is 0.396 e. The average Bonchev–Trinajstić information content (AvgIpc) is 2.81. The topological polar surface area (TPSA) is 113 Å². The lowest BCUT2D eigenvalue weighted by atomic mass is 10.1. The summed E-state index contributed by atoms with van der Waals surface area (Å²) in [5.41, 5.74) is 5.82. The molecule has 0 radical (unpaired) electrons. The quantitative estimate of drug-likeness (QED) is 0.358. The molecule has 102 valence electrons. The van der Waals surface area contributed by atoms with Gasteiger partial charge in [-0.1, -0.05) is 23.8 Å². The molecule has 0 aromatic carbocycles. The zero-order chi connectivity index (χ0) is 13.8. The summed E-state index contributed by atoms with van der Waals surface area (Å²) in [7, 11) is 0. The van der Waals surface area contributed by atoms with E-state index >= 15 is 0 Å². The predicted molar refractivity (Wildman–Crippen MR) is 72.9 cm³/mol. The van der Waals surface area contributed by atoms with Crippen LogP contribution in [0.15, 0.2) is 12.2 Å². The number of anilines is 3. The van der Waals surface area contributed by atoms with Crippen LogP contribution in [0, 0.1) is 5.92 Å². The number of amides is 1. The van der Waals surface area contributed by atoms with Gasteiger partial charge in [-0.3, -0.25) is 4.79 Å². The van der Waals surface area contributed by atoms with E-state index < -0.39 is 0 Å². The van der Waals surface area contributed by atoms with Crippen LogP contribution in [0.4, 0.5) is 17.5 Å². The van der Waals surface area contributed by atoms with Gasteiger partial charge in [-0.05, 0) is 6.42 Å². The van der Waals surface area contributed by atoms with Crippen molar-refractivity contribution < 1.29 is 9.90 Å². The summed E-state index contributed by atoms with van der Waals surface area (Å²) in [6, 6.07) is -0.00489. The number of rotatable bonds is 5. The van der Waals surface area contributed by atoms with Gasteiger partial charge < -0.3 is 21.5 Å². The molecule has 0 unspecified atom stereocenters. The highest BCUT2D eigenvalue weighted by Gasteiger charge is 2.20. The lowest BCUT2D eigenvalue weighted by Gasteiger charge is -2.16. The van der Waals surface area contributed by atoms with Gasteiger partial charge >= 0.3 is 0 Å². The molecule has 19 heavy (non-hydrogen) atoms. The SMILES string of the molecule is Nc1nc(Cl)c(NC=O)c(N[C@H]2C=C[C@H](CO)C2)n1. The minimum atomic E-state index is -0.00489. The molecule has 0 fully saturated rings. The minimum Gasteiger partial charge on any atom is -0.396 e. The minimum absolute atomic E-state index is 0.00489. The molecule has 1 aliphatic rings. The average molecular weight is 284 g/mol. The number of nitrogens with two attached hydrogens (primary N) is 1. The van der Waals surface area contributed by atoms with Crippen molar-refractivity contribution >= 4 is 35.5 Å². The fraction of sp³-hybridized carbons (Fsp3) is 0.364. The number of nitrogens with one attached hydrogen (secondary N) is 2. The Kier molecular flexibility index (Phi) is 4.18. The monoisotopic (exact) mass is 283 g/mol. The van der Waals surface area contributed by atoms with E-state index in [4.69, 9.17) is 22.4 Å². The van der Waals surface area contributed by atoms with Crippen LogP contribution in [0.1, 0.15) is 6.42 Å². The van der Waals surface area contributed by atoms with E-state index in [2.05, 4.69) is 20.6 Å². The summed E-state index contributed by atoms with van der Waals surface area (Å²) in [5, 5.41) is 14.7. The van der Waals surface area contributed by atoms with Crippen LogP contribution in [0.5, 0.6) is 0 Å². The number of carbonyl (C=O) groups excluding carboxylic acids is 1. The Morgan fingerprint density at radius 1 is 1.53 bits per heavy atom. The third kappa shape index (κ3) is 3.12. The van der Waals surface area contributed by atoms with E-state index in [9.17, 15) is 4.79 Å². The van der Waals surface area contributed by atoms with Crippen molar-refractivity contribution in [1.82, 2.24) is 9.97 Å². The normalized spacial score (nSPS) is 21.4. The van der Waals surface area contributed by atoms with Crippen LogP contribution in [-0.2, 0) is 4.79 Å². The van der Waals surface area contributed by atoms with Crippen LogP contribution in [-0.4, -0.2) is 34.1 Å². The van der Waals surface area contributed by atoms with E-state index in [1.807, 2.05) is 12.2 Å². The molecule has 0 saturated carbocycles. The van der Waals surface area contributed by atoms with E-state index in [1.54, 1.807) is 0 Å². The number of aliphatic hydroxyl groups is 1. The molecule has 8 heteroatoms. The van der Waals surface area contributed by atoms with Crippen molar-refractivity contribution in [3.8, 4) is 0 Å². The Bertz CT molecular complexity index is 508. The molecule has 7 nitrogen and oxygen atoms in total. The molecule has 5 N–H and O–H groups in total. The Balaban J connectivity index is 2.19. The zero-order valence-electron chi connectivity index (χ0n) is 10.0. The van der Waals surface area contributed by atoms with Crippen LogP contribution in [0.3, 0.4) is 0 Å². The lowest BCUT2D eigenvalue weighted by molar-refractivity contribution is -0.105. The van der Waals surface area contributed by atoms with Crippen molar-refractivity contribution in [2.24, 2.45) is 5.92 Å². The van der Waals surface area contributed by atoms with Gasteiger partial charge in [0.25, 0.3) is 0 Å². The van der Waals surface area contributed by atoms with Gasteiger partial charge in [0.2, 0.25) is 12.4 Å². The Hall–Kier alpha value is -1.86. The highest BCUT2D eigenvalue weighted by atomic mass is 35.5. The second-order valence-corrected chi connectivity index (χ2v) is 4.53. The maximum Gasteiger partial charge on any atom is 0.223 e. The van der Waals surface area contributed by atoms with Crippen molar-refractivity contribution in [3.63, 3.8) is 0 Å². The number of nitrogens with zero attached hydrogens (tertiary/aromatic N) is 2. The number of aliphatic hydroxyl groups excluding tert-OH is 1. The van der Waals surface area contributed by atoms with Crippen molar-refractivity contribution in [1.29, 1.82) is 0 Å². The standard InChI is InChI=1S/C11H14ClN5O2/c12-9-8(14-5-19)10(17-11(13)16-9)15-7-2-1-6(3-7)4-18/h1-2,5-7,18H,3-4H2,(H,14,19)(H3,13,15,16,17)/t6-,7-/m0/s1. The Morgan fingerprint density at radius 2 is 2.32 bits per heavy atom. The Labute approximate surface area is 114 Å². The molecule has 1 heterocycles. The number of hydrogen-bond donors (Lipinski definition) is 4. The maximum absolute atomic E-state index is 10.6. The van der Waals surface area contributed by atoms with E-state index in [0.717, 1.165) is 6.42 Å². The van der Waals surface area contributed by atoms with Crippen LogP contribution in [0.25, 0.3) is 0 Å². The van der Waals surface area contributed by atoms with E-state index in [1.165, 1.54) is 0 Å². The lowest BCUT2D eigenvalue weighted by Crippen LogP contribution is -2.19. The summed E-state index contributed by atoms with van der Waals surface area (Å²) < 4.78 is 0.